The molecule has 5 heteroatoms. The summed E-state index contributed by atoms with van der Waals surface area (Å²) in [4.78, 5) is 7.01. The summed E-state index contributed by atoms with van der Waals surface area (Å²) in [5, 5.41) is 6.73. The monoisotopic (exact) mass is 332 g/mol. The second-order valence-electron chi connectivity index (χ2n) is 6.13. The van der Waals surface area contributed by atoms with Crippen LogP contribution in [-0.2, 0) is 6.54 Å². The Kier molecular flexibility index (Phi) is 7.89. The molecule has 0 radical (unpaired) electrons. The van der Waals surface area contributed by atoms with Crippen LogP contribution in [0.5, 0.6) is 5.75 Å². The number of guanidine groups is 1. The summed E-state index contributed by atoms with van der Waals surface area (Å²) in [6.07, 6.45) is 2.51. The van der Waals surface area contributed by atoms with Crippen LogP contribution in [0.1, 0.15) is 39.2 Å². The molecule has 0 amide bonds. The lowest BCUT2D eigenvalue weighted by Gasteiger charge is -2.18. The molecular weight excluding hydrogens is 300 g/mol. The molecule has 2 rings (SSSR count). The van der Waals surface area contributed by atoms with Gasteiger partial charge in [-0.2, -0.15) is 0 Å². The van der Waals surface area contributed by atoms with E-state index in [1.807, 2.05) is 12.1 Å². The molecule has 1 aliphatic carbocycles. The summed E-state index contributed by atoms with van der Waals surface area (Å²) >= 11 is 0. The zero-order chi connectivity index (χ0) is 17.2. The fraction of sp³-hybridized carbons (Fsp3) is 0.632. The standard InChI is InChI=1S/C19H32N4O/c1-4-20-19(22-17-9-10-17)21-15-16-7-11-18(12-8-16)24-14-13-23(5-2)6-3/h7-8,11-12,17H,4-6,9-10,13-15H2,1-3H3,(H2,20,21,22). The summed E-state index contributed by atoms with van der Waals surface area (Å²) in [6.45, 7) is 11.9. The van der Waals surface area contributed by atoms with Crippen molar-refractivity contribution >= 4 is 5.96 Å². The number of hydrogen-bond donors (Lipinski definition) is 2. The minimum absolute atomic E-state index is 0.615. The molecule has 134 valence electrons. The molecule has 0 aromatic heterocycles. The predicted molar refractivity (Wildman–Crippen MR) is 101 cm³/mol. The van der Waals surface area contributed by atoms with Gasteiger partial charge >= 0.3 is 0 Å². The first-order valence-corrected chi connectivity index (χ1v) is 9.24. The molecule has 1 aromatic rings. The maximum absolute atomic E-state index is 5.82. The van der Waals surface area contributed by atoms with E-state index in [4.69, 9.17) is 4.74 Å². The fourth-order valence-corrected chi connectivity index (χ4v) is 2.43. The van der Waals surface area contributed by atoms with Crippen molar-refractivity contribution in [2.24, 2.45) is 4.99 Å². The van der Waals surface area contributed by atoms with Crippen LogP contribution in [0.4, 0.5) is 0 Å². The predicted octanol–water partition coefficient (Wildman–Crippen LogP) is 2.62. The van der Waals surface area contributed by atoms with Crippen LogP contribution in [0.15, 0.2) is 29.3 Å². The maximum atomic E-state index is 5.82. The van der Waals surface area contributed by atoms with E-state index in [2.05, 4.69) is 53.4 Å². The van der Waals surface area contributed by atoms with Crippen LogP contribution in [0.3, 0.4) is 0 Å². The summed E-state index contributed by atoms with van der Waals surface area (Å²) in [5.74, 6) is 1.84. The molecule has 1 fully saturated rings. The van der Waals surface area contributed by atoms with E-state index in [9.17, 15) is 0 Å². The average Bonchev–Trinajstić information content (AvgIpc) is 3.42. The van der Waals surface area contributed by atoms with E-state index in [-0.39, 0.29) is 0 Å². The lowest BCUT2D eigenvalue weighted by molar-refractivity contribution is 0.223. The second kappa shape index (κ2) is 10.2. The fourth-order valence-electron chi connectivity index (χ4n) is 2.43. The minimum atomic E-state index is 0.615. The van der Waals surface area contributed by atoms with E-state index in [1.165, 1.54) is 18.4 Å². The van der Waals surface area contributed by atoms with Gasteiger partial charge in [-0.3, -0.25) is 0 Å². The number of rotatable bonds is 10. The zero-order valence-electron chi connectivity index (χ0n) is 15.3. The minimum Gasteiger partial charge on any atom is -0.492 e. The lowest BCUT2D eigenvalue weighted by Crippen LogP contribution is -2.38. The topological polar surface area (TPSA) is 48.9 Å². The van der Waals surface area contributed by atoms with Gasteiger partial charge in [0.25, 0.3) is 0 Å². The van der Waals surface area contributed by atoms with Gasteiger partial charge < -0.3 is 20.3 Å². The van der Waals surface area contributed by atoms with Gasteiger partial charge in [0.05, 0.1) is 6.54 Å². The molecule has 0 unspecified atom stereocenters. The van der Waals surface area contributed by atoms with Gasteiger partial charge in [0.15, 0.2) is 5.96 Å². The van der Waals surface area contributed by atoms with Crippen molar-refractivity contribution in [1.29, 1.82) is 0 Å². The normalized spacial score (nSPS) is 14.8. The quantitative estimate of drug-likeness (QED) is 0.511. The van der Waals surface area contributed by atoms with Crippen LogP contribution in [0.25, 0.3) is 0 Å². The highest BCUT2D eigenvalue weighted by Gasteiger charge is 2.21. The molecule has 0 bridgehead atoms. The van der Waals surface area contributed by atoms with Gasteiger partial charge in [0.2, 0.25) is 0 Å². The maximum Gasteiger partial charge on any atom is 0.191 e. The Bertz CT molecular complexity index is 493. The van der Waals surface area contributed by atoms with Gasteiger partial charge in [-0.15, -0.1) is 0 Å². The molecule has 0 heterocycles. The Morgan fingerprint density at radius 1 is 1.17 bits per heavy atom. The van der Waals surface area contributed by atoms with Crippen molar-refractivity contribution < 1.29 is 4.74 Å². The van der Waals surface area contributed by atoms with E-state index in [1.54, 1.807) is 0 Å². The van der Waals surface area contributed by atoms with Gasteiger partial charge in [-0.1, -0.05) is 26.0 Å². The lowest BCUT2D eigenvalue weighted by atomic mass is 10.2. The van der Waals surface area contributed by atoms with Crippen LogP contribution >= 0.6 is 0 Å². The molecule has 0 spiro atoms. The Balaban J connectivity index is 1.78. The molecule has 1 saturated carbocycles. The highest BCUT2D eigenvalue weighted by atomic mass is 16.5. The highest BCUT2D eigenvalue weighted by Crippen LogP contribution is 2.18. The van der Waals surface area contributed by atoms with E-state index in [0.717, 1.165) is 44.5 Å². The zero-order valence-corrected chi connectivity index (χ0v) is 15.3. The molecule has 24 heavy (non-hydrogen) atoms. The number of aliphatic imine (C=N–C) groups is 1. The van der Waals surface area contributed by atoms with E-state index < -0.39 is 0 Å². The third kappa shape index (κ3) is 6.79. The third-order valence-electron chi connectivity index (χ3n) is 4.18. The summed E-state index contributed by atoms with van der Waals surface area (Å²) in [5.41, 5.74) is 1.19. The average molecular weight is 332 g/mol. The van der Waals surface area contributed by atoms with Crippen molar-refractivity contribution in [3.63, 3.8) is 0 Å². The molecule has 1 aromatic carbocycles. The Labute approximate surface area is 146 Å². The van der Waals surface area contributed by atoms with Crippen molar-refractivity contribution in [2.45, 2.75) is 46.2 Å². The first kappa shape index (κ1) is 18.6. The Hall–Kier alpha value is -1.75. The summed E-state index contributed by atoms with van der Waals surface area (Å²) in [6, 6.07) is 8.88. The second-order valence-corrected chi connectivity index (χ2v) is 6.13. The van der Waals surface area contributed by atoms with Gasteiger partial charge in [-0.25, -0.2) is 4.99 Å². The molecular formula is C19H32N4O. The third-order valence-corrected chi connectivity index (χ3v) is 4.18. The van der Waals surface area contributed by atoms with E-state index in [0.29, 0.717) is 12.6 Å². The molecule has 2 N–H and O–H groups in total. The van der Waals surface area contributed by atoms with Crippen molar-refractivity contribution in [2.75, 3.05) is 32.8 Å². The first-order valence-electron chi connectivity index (χ1n) is 9.24. The number of ether oxygens (including phenoxy) is 1. The molecule has 1 aliphatic rings. The number of likely N-dealkylation sites (N-methyl/N-ethyl adjacent to an activating group) is 1. The number of nitrogens with one attached hydrogen (secondary N) is 2. The van der Waals surface area contributed by atoms with Crippen molar-refractivity contribution in [3.05, 3.63) is 29.8 Å². The Morgan fingerprint density at radius 3 is 2.46 bits per heavy atom. The highest BCUT2D eigenvalue weighted by molar-refractivity contribution is 5.80. The largest absolute Gasteiger partial charge is 0.492 e. The van der Waals surface area contributed by atoms with Gasteiger partial charge in [0, 0.05) is 19.1 Å². The van der Waals surface area contributed by atoms with Crippen LogP contribution in [0.2, 0.25) is 0 Å². The number of hydrogen-bond acceptors (Lipinski definition) is 3. The van der Waals surface area contributed by atoms with Gasteiger partial charge in [0.1, 0.15) is 12.4 Å². The van der Waals surface area contributed by atoms with E-state index >= 15 is 0 Å². The summed E-state index contributed by atoms with van der Waals surface area (Å²) < 4.78 is 5.82. The van der Waals surface area contributed by atoms with Crippen LogP contribution in [-0.4, -0.2) is 49.7 Å². The first-order chi connectivity index (χ1) is 11.7. The molecule has 0 aliphatic heterocycles. The van der Waals surface area contributed by atoms with Crippen molar-refractivity contribution in [1.82, 2.24) is 15.5 Å². The number of nitrogens with zero attached hydrogens (tertiary/aromatic N) is 2. The Morgan fingerprint density at radius 2 is 1.88 bits per heavy atom. The van der Waals surface area contributed by atoms with Crippen molar-refractivity contribution in [3.8, 4) is 5.75 Å². The molecule has 0 saturated heterocycles. The summed E-state index contributed by atoms with van der Waals surface area (Å²) in [7, 11) is 0. The van der Waals surface area contributed by atoms with Crippen LogP contribution < -0.4 is 15.4 Å². The SMILES string of the molecule is CCNC(=NCc1ccc(OCCN(CC)CC)cc1)NC1CC1. The van der Waals surface area contributed by atoms with Gasteiger partial charge in [-0.05, 0) is 50.6 Å². The van der Waals surface area contributed by atoms with Crippen LogP contribution in [0, 0.1) is 0 Å². The molecule has 5 nitrogen and oxygen atoms in total. The number of benzene rings is 1. The smallest absolute Gasteiger partial charge is 0.191 e. The molecule has 0 atom stereocenters.